The number of nitrogens with one attached hydrogen (secondary N) is 1. The lowest BCUT2D eigenvalue weighted by molar-refractivity contribution is -0.119. The molecule has 0 aliphatic heterocycles. The van der Waals surface area contributed by atoms with Gasteiger partial charge in [0.05, 0.1) is 11.9 Å². The fourth-order valence-electron chi connectivity index (χ4n) is 2.16. The molecule has 0 bridgehead atoms. The van der Waals surface area contributed by atoms with Crippen LogP contribution in [-0.2, 0) is 10.5 Å². The number of aliphatic hydroxyl groups is 1. The number of hydrogen-bond donors (Lipinski definition) is 2. The molecule has 0 fully saturated rings. The third-order valence-corrected chi connectivity index (χ3v) is 4.41. The maximum atomic E-state index is 13.1. The Balaban J connectivity index is 1.73. The summed E-state index contributed by atoms with van der Waals surface area (Å²) >= 11 is 1.47. The van der Waals surface area contributed by atoms with Crippen LogP contribution in [0.15, 0.2) is 42.5 Å². The summed E-state index contributed by atoms with van der Waals surface area (Å²) in [5, 5.41) is 12.5. The Morgan fingerprint density at radius 3 is 2.71 bits per heavy atom. The summed E-state index contributed by atoms with van der Waals surface area (Å²) in [6, 6.07) is 11.2. The minimum absolute atomic E-state index is 0.0467. The van der Waals surface area contributed by atoms with Crippen LogP contribution < -0.4 is 5.32 Å². The van der Waals surface area contributed by atoms with Crippen LogP contribution in [0.3, 0.4) is 0 Å². The maximum Gasteiger partial charge on any atom is 0.230 e. The zero-order chi connectivity index (χ0) is 17.5. The molecule has 2 aromatic carbocycles. The number of rotatable bonds is 7. The molecule has 0 aliphatic carbocycles. The first-order valence-electron chi connectivity index (χ1n) is 7.48. The molecule has 0 saturated carbocycles. The predicted octanol–water partition coefficient (Wildman–Crippen LogP) is 3.36. The average Bonchev–Trinajstić information content (AvgIpc) is 2.55. The second kappa shape index (κ2) is 8.80. The highest BCUT2D eigenvalue weighted by Crippen LogP contribution is 2.16. The van der Waals surface area contributed by atoms with Gasteiger partial charge in [0.1, 0.15) is 0 Å². The SMILES string of the molecule is Cc1cccc(CSCC(=O)NCC(O)c2ccc(F)c(F)c2)c1. The monoisotopic (exact) mass is 351 g/mol. The molecule has 2 N–H and O–H groups in total. The average molecular weight is 351 g/mol. The van der Waals surface area contributed by atoms with Crippen molar-refractivity contribution < 1.29 is 18.7 Å². The van der Waals surface area contributed by atoms with E-state index in [0.717, 1.165) is 23.4 Å². The highest BCUT2D eigenvalue weighted by Gasteiger charge is 2.12. The van der Waals surface area contributed by atoms with Crippen LogP contribution in [0.5, 0.6) is 0 Å². The Hall–Kier alpha value is -1.92. The Morgan fingerprint density at radius 1 is 1.21 bits per heavy atom. The van der Waals surface area contributed by atoms with Crippen molar-refractivity contribution in [2.45, 2.75) is 18.8 Å². The highest BCUT2D eigenvalue weighted by molar-refractivity contribution is 7.99. The first kappa shape index (κ1) is 18.4. The number of benzene rings is 2. The van der Waals surface area contributed by atoms with Gasteiger partial charge in [0, 0.05) is 12.3 Å². The minimum atomic E-state index is -1.08. The highest BCUT2D eigenvalue weighted by atomic mass is 32.2. The molecule has 0 heterocycles. The smallest absolute Gasteiger partial charge is 0.230 e. The van der Waals surface area contributed by atoms with Crippen LogP contribution in [0.4, 0.5) is 8.78 Å². The topological polar surface area (TPSA) is 49.3 Å². The summed E-state index contributed by atoms with van der Waals surface area (Å²) in [5.41, 5.74) is 2.54. The third-order valence-electron chi connectivity index (χ3n) is 3.41. The van der Waals surface area contributed by atoms with Crippen LogP contribution in [0.25, 0.3) is 0 Å². The molecular weight excluding hydrogens is 332 g/mol. The van der Waals surface area contributed by atoms with Gasteiger partial charge in [-0.25, -0.2) is 8.78 Å². The largest absolute Gasteiger partial charge is 0.387 e. The summed E-state index contributed by atoms with van der Waals surface area (Å²) < 4.78 is 26.0. The maximum absolute atomic E-state index is 13.1. The molecule has 6 heteroatoms. The number of amides is 1. The molecule has 3 nitrogen and oxygen atoms in total. The van der Waals surface area contributed by atoms with Crippen molar-refractivity contribution in [2.75, 3.05) is 12.3 Å². The van der Waals surface area contributed by atoms with Crippen molar-refractivity contribution in [3.8, 4) is 0 Å². The molecule has 0 radical (unpaired) electrons. The van der Waals surface area contributed by atoms with E-state index in [1.54, 1.807) is 0 Å². The van der Waals surface area contributed by atoms with Crippen LogP contribution in [-0.4, -0.2) is 23.3 Å². The zero-order valence-electron chi connectivity index (χ0n) is 13.3. The number of halogens is 2. The van der Waals surface area contributed by atoms with Gasteiger partial charge in [0.15, 0.2) is 11.6 Å². The number of hydrogen-bond acceptors (Lipinski definition) is 3. The van der Waals surface area contributed by atoms with Gasteiger partial charge in [-0.1, -0.05) is 35.9 Å². The molecule has 0 aromatic heterocycles. The molecule has 2 rings (SSSR count). The lowest BCUT2D eigenvalue weighted by atomic mass is 10.1. The number of carbonyl (C=O) groups is 1. The van der Waals surface area contributed by atoms with Crippen molar-refractivity contribution in [3.05, 3.63) is 70.8 Å². The first-order chi connectivity index (χ1) is 11.5. The minimum Gasteiger partial charge on any atom is -0.387 e. The van der Waals surface area contributed by atoms with Crippen molar-refractivity contribution in [2.24, 2.45) is 0 Å². The van der Waals surface area contributed by atoms with E-state index in [1.807, 2.05) is 25.1 Å². The molecule has 1 atom stereocenters. The quantitative estimate of drug-likeness (QED) is 0.804. The van der Waals surface area contributed by atoms with Gasteiger partial charge < -0.3 is 10.4 Å². The van der Waals surface area contributed by atoms with E-state index < -0.39 is 17.7 Å². The van der Waals surface area contributed by atoms with Crippen molar-refractivity contribution in [1.29, 1.82) is 0 Å². The molecule has 2 aromatic rings. The summed E-state index contributed by atoms with van der Waals surface area (Å²) in [7, 11) is 0. The molecule has 1 amide bonds. The molecule has 0 saturated heterocycles. The standard InChI is InChI=1S/C18H19F2NO2S/c1-12-3-2-4-13(7-12)10-24-11-18(23)21-9-17(22)14-5-6-15(19)16(20)8-14/h2-8,17,22H,9-11H2,1H3,(H,21,23). The fraction of sp³-hybridized carbons (Fsp3) is 0.278. The molecular formula is C18H19F2NO2S. The number of aryl methyl sites for hydroxylation is 1. The second-order valence-corrected chi connectivity index (χ2v) is 6.46. The van der Waals surface area contributed by atoms with Gasteiger partial charge in [-0.05, 0) is 30.2 Å². The number of carbonyl (C=O) groups excluding carboxylic acids is 1. The molecule has 24 heavy (non-hydrogen) atoms. The molecule has 128 valence electrons. The Morgan fingerprint density at radius 2 is 2.00 bits per heavy atom. The zero-order valence-corrected chi connectivity index (χ0v) is 14.1. The Kier molecular flexibility index (Phi) is 6.75. The number of thioether (sulfide) groups is 1. The fourth-order valence-corrected chi connectivity index (χ4v) is 2.97. The Bertz CT molecular complexity index is 709. The first-order valence-corrected chi connectivity index (χ1v) is 8.64. The van der Waals surface area contributed by atoms with Crippen LogP contribution in [0, 0.1) is 18.6 Å². The van der Waals surface area contributed by atoms with Crippen LogP contribution >= 0.6 is 11.8 Å². The van der Waals surface area contributed by atoms with Gasteiger partial charge in [0.25, 0.3) is 0 Å². The second-order valence-electron chi connectivity index (χ2n) is 5.48. The molecule has 0 aliphatic rings. The lowest BCUT2D eigenvalue weighted by Gasteiger charge is -2.12. The van der Waals surface area contributed by atoms with Gasteiger partial charge in [0.2, 0.25) is 5.91 Å². The van der Waals surface area contributed by atoms with Gasteiger partial charge in [-0.2, -0.15) is 0 Å². The predicted molar refractivity (Wildman–Crippen MR) is 91.7 cm³/mol. The Labute approximate surface area is 144 Å². The van der Waals surface area contributed by atoms with E-state index in [1.165, 1.54) is 23.4 Å². The van der Waals surface area contributed by atoms with Crippen molar-refractivity contribution >= 4 is 17.7 Å². The van der Waals surface area contributed by atoms with Crippen LogP contribution in [0.1, 0.15) is 22.8 Å². The van der Waals surface area contributed by atoms with E-state index in [2.05, 4.69) is 11.4 Å². The normalized spacial score (nSPS) is 12.0. The molecule has 0 spiro atoms. The van der Waals surface area contributed by atoms with E-state index in [0.29, 0.717) is 0 Å². The van der Waals surface area contributed by atoms with E-state index in [4.69, 9.17) is 0 Å². The lowest BCUT2D eigenvalue weighted by Crippen LogP contribution is -2.29. The summed E-state index contributed by atoms with van der Waals surface area (Å²) in [6.45, 7) is 1.97. The van der Waals surface area contributed by atoms with Crippen molar-refractivity contribution in [1.82, 2.24) is 5.32 Å². The van der Waals surface area contributed by atoms with E-state index in [9.17, 15) is 18.7 Å². The van der Waals surface area contributed by atoms with Gasteiger partial charge in [-0.3, -0.25) is 4.79 Å². The van der Waals surface area contributed by atoms with Gasteiger partial charge >= 0.3 is 0 Å². The number of aliphatic hydroxyl groups excluding tert-OH is 1. The summed E-state index contributed by atoms with van der Waals surface area (Å²) in [5.74, 6) is -1.22. The summed E-state index contributed by atoms with van der Waals surface area (Å²) in [4.78, 5) is 11.8. The third kappa shape index (κ3) is 5.62. The van der Waals surface area contributed by atoms with Crippen LogP contribution in [0.2, 0.25) is 0 Å². The molecule has 1 unspecified atom stereocenters. The van der Waals surface area contributed by atoms with E-state index in [-0.39, 0.29) is 23.8 Å². The summed E-state index contributed by atoms with van der Waals surface area (Å²) in [6.07, 6.45) is -1.08. The van der Waals surface area contributed by atoms with Crippen molar-refractivity contribution in [3.63, 3.8) is 0 Å². The van der Waals surface area contributed by atoms with Gasteiger partial charge in [-0.15, -0.1) is 11.8 Å². The van der Waals surface area contributed by atoms with E-state index >= 15 is 0 Å².